The fraction of sp³-hybridized carbons (Fsp3) is 0.522. The van der Waals surface area contributed by atoms with Crippen LogP contribution in [0.3, 0.4) is 0 Å². The summed E-state index contributed by atoms with van der Waals surface area (Å²) >= 11 is 0. The first-order chi connectivity index (χ1) is 14.1. The van der Waals surface area contributed by atoms with E-state index in [9.17, 15) is 4.79 Å². The number of hydrogen-bond donors (Lipinski definition) is 2. The van der Waals surface area contributed by atoms with Gasteiger partial charge in [-0.1, -0.05) is 31.4 Å². The summed E-state index contributed by atoms with van der Waals surface area (Å²) in [7, 11) is 0. The molecule has 1 aromatic heterocycles. The van der Waals surface area contributed by atoms with Crippen LogP contribution in [0.2, 0.25) is 0 Å². The summed E-state index contributed by atoms with van der Waals surface area (Å²) in [5.41, 5.74) is 14.9. The van der Waals surface area contributed by atoms with Gasteiger partial charge >= 0.3 is 0 Å². The fourth-order valence-corrected chi connectivity index (χ4v) is 4.94. The zero-order valence-corrected chi connectivity index (χ0v) is 17.0. The predicted molar refractivity (Wildman–Crippen MR) is 115 cm³/mol. The highest BCUT2D eigenvalue weighted by atomic mass is 16.1. The van der Waals surface area contributed by atoms with E-state index >= 15 is 0 Å². The monoisotopic (exact) mass is 393 g/mol. The highest BCUT2D eigenvalue weighted by molar-refractivity contribution is 5.93. The van der Waals surface area contributed by atoms with E-state index in [0.717, 1.165) is 35.7 Å². The summed E-state index contributed by atoms with van der Waals surface area (Å²) in [6.07, 6.45) is 11.0. The number of piperidine rings is 1. The van der Waals surface area contributed by atoms with E-state index in [0.29, 0.717) is 17.4 Å². The van der Waals surface area contributed by atoms with Crippen molar-refractivity contribution in [2.45, 2.75) is 50.9 Å². The van der Waals surface area contributed by atoms with Gasteiger partial charge in [0.15, 0.2) is 0 Å². The predicted octanol–water partition coefficient (Wildman–Crippen LogP) is 3.58. The van der Waals surface area contributed by atoms with Gasteiger partial charge in [-0.15, -0.1) is 0 Å². The lowest BCUT2D eigenvalue weighted by Crippen LogP contribution is -2.38. The van der Waals surface area contributed by atoms with Crippen LogP contribution in [0.25, 0.3) is 11.1 Å². The normalized spacial score (nSPS) is 21.2. The molecule has 1 atom stereocenters. The first kappa shape index (κ1) is 19.8. The summed E-state index contributed by atoms with van der Waals surface area (Å²) in [5.74, 6) is 1.10. The number of nitrogen functional groups attached to an aromatic ring is 1. The van der Waals surface area contributed by atoms with Gasteiger partial charge in [-0.05, 0) is 55.8 Å². The van der Waals surface area contributed by atoms with Crippen LogP contribution in [0, 0.1) is 5.92 Å². The van der Waals surface area contributed by atoms with E-state index in [1.807, 2.05) is 18.3 Å². The number of likely N-dealkylation sites (tertiary alicyclic amines) is 1. The zero-order chi connectivity index (χ0) is 20.2. The molecule has 2 heterocycles. The number of hydrogen-bond acceptors (Lipinski definition) is 5. The highest BCUT2D eigenvalue weighted by Gasteiger charge is 2.27. The van der Waals surface area contributed by atoms with Crippen LogP contribution < -0.4 is 11.5 Å². The number of carbonyl (C=O) groups excluding carboxylic acids is 1. The minimum absolute atomic E-state index is 0.321. The summed E-state index contributed by atoms with van der Waals surface area (Å²) in [6, 6.07) is 7.35. The molecule has 0 spiro atoms. The van der Waals surface area contributed by atoms with Crippen molar-refractivity contribution in [3.8, 4) is 11.1 Å². The molecule has 4 rings (SSSR count). The number of primary amides is 1. The van der Waals surface area contributed by atoms with Crippen molar-refractivity contribution in [1.82, 2.24) is 14.9 Å². The maximum atomic E-state index is 11.4. The van der Waals surface area contributed by atoms with Crippen molar-refractivity contribution in [2.24, 2.45) is 11.7 Å². The SMILES string of the molecule is NC(=O)c1ccc(-c2cnc(N)nc2[C@@H]2CCCN(CC3CCCCC3)C2)cc1. The van der Waals surface area contributed by atoms with Gasteiger partial charge in [-0.25, -0.2) is 9.97 Å². The van der Waals surface area contributed by atoms with Crippen LogP contribution in [0.1, 0.15) is 66.9 Å². The molecule has 2 aliphatic rings. The minimum atomic E-state index is -0.420. The van der Waals surface area contributed by atoms with E-state index in [4.69, 9.17) is 11.5 Å². The number of amides is 1. The number of benzene rings is 1. The lowest BCUT2D eigenvalue weighted by molar-refractivity contribution is 0.100. The third-order valence-electron chi connectivity index (χ3n) is 6.45. The van der Waals surface area contributed by atoms with Gasteiger partial charge in [0.05, 0.1) is 5.69 Å². The molecule has 2 aromatic rings. The first-order valence-electron chi connectivity index (χ1n) is 10.8. The maximum Gasteiger partial charge on any atom is 0.248 e. The van der Waals surface area contributed by atoms with Crippen LogP contribution >= 0.6 is 0 Å². The van der Waals surface area contributed by atoms with Crippen LogP contribution in [0.4, 0.5) is 5.95 Å². The molecule has 1 saturated carbocycles. The fourth-order valence-electron chi connectivity index (χ4n) is 4.94. The number of aromatic nitrogens is 2. The largest absolute Gasteiger partial charge is 0.368 e. The molecule has 154 valence electrons. The average molecular weight is 394 g/mol. The Hall–Kier alpha value is -2.47. The molecule has 1 amide bonds. The van der Waals surface area contributed by atoms with Crippen LogP contribution in [-0.4, -0.2) is 40.4 Å². The Morgan fingerprint density at radius 1 is 1.07 bits per heavy atom. The quantitative estimate of drug-likeness (QED) is 0.809. The molecule has 0 radical (unpaired) electrons. The van der Waals surface area contributed by atoms with Gasteiger partial charge in [-0.3, -0.25) is 4.79 Å². The number of carbonyl (C=O) groups is 1. The van der Waals surface area contributed by atoms with Gasteiger partial charge in [0.2, 0.25) is 11.9 Å². The van der Waals surface area contributed by atoms with Gasteiger partial charge in [0.1, 0.15) is 0 Å². The third-order valence-corrected chi connectivity index (χ3v) is 6.45. The number of rotatable bonds is 5. The van der Waals surface area contributed by atoms with E-state index in [2.05, 4.69) is 14.9 Å². The summed E-state index contributed by atoms with van der Waals surface area (Å²) in [5, 5.41) is 0. The molecule has 1 aromatic carbocycles. The van der Waals surface area contributed by atoms with Crippen LogP contribution in [0.5, 0.6) is 0 Å². The number of anilines is 1. The Labute approximate surface area is 172 Å². The summed E-state index contributed by atoms with van der Waals surface area (Å²) in [4.78, 5) is 22.9. The number of nitrogens with two attached hydrogens (primary N) is 2. The lowest BCUT2D eigenvalue weighted by Gasteiger charge is -2.36. The Kier molecular flexibility index (Phi) is 6.09. The molecular formula is C23H31N5O. The molecular weight excluding hydrogens is 362 g/mol. The molecule has 4 N–H and O–H groups in total. The average Bonchev–Trinajstić information content (AvgIpc) is 2.75. The molecule has 29 heavy (non-hydrogen) atoms. The van der Waals surface area contributed by atoms with Gasteiger partial charge in [-0.2, -0.15) is 0 Å². The Balaban J connectivity index is 1.55. The lowest BCUT2D eigenvalue weighted by atomic mass is 9.86. The van der Waals surface area contributed by atoms with Crippen LogP contribution in [0.15, 0.2) is 30.5 Å². The second kappa shape index (κ2) is 8.91. The standard InChI is InChI=1S/C23H31N5O/c24-22(29)18-10-8-17(9-11-18)20-13-26-23(25)27-21(20)19-7-4-12-28(15-19)14-16-5-2-1-3-6-16/h8-11,13,16,19H,1-7,12,14-15H2,(H2,24,29)(H2,25,26,27)/t19-/m1/s1. The van der Waals surface area contributed by atoms with E-state index < -0.39 is 5.91 Å². The minimum Gasteiger partial charge on any atom is -0.368 e. The maximum absolute atomic E-state index is 11.4. The smallest absolute Gasteiger partial charge is 0.248 e. The van der Waals surface area contributed by atoms with Gasteiger partial charge < -0.3 is 16.4 Å². The molecule has 0 bridgehead atoms. The second-order valence-corrected chi connectivity index (χ2v) is 8.57. The van der Waals surface area contributed by atoms with Crippen molar-refractivity contribution < 1.29 is 4.79 Å². The Morgan fingerprint density at radius 2 is 1.83 bits per heavy atom. The molecule has 1 saturated heterocycles. The van der Waals surface area contributed by atoms with Gasteiger partial charge in [0.25, 0.3) is 0 Å². The van der Waals surface area contributed by atoms with Crippen molar-refractivity contribution >= 4 is 11.9 Å². The van der Waals surface area contributed by atoms with Crippen molar-refractivity contribution in [1.29, 1.82) is 0 Å². The molecule has 1 aliphatic heterocycles. The van der Waals surface area contributed by atoms with Gasteiger partial charge in [0, 0.05) is 36.3 Å². The second-order valence-electron chi connectivity index (χ2n) is 8.57. The van der Waals surface area contributed by atoms with Crippen molar-refractivity contribution in [2.75, 3.05) is 25.4 Å². The first-order valence-corrected chi connectivity index (χ1v) is 10.8. The van der Waals surface area contributed by atoms with E-state index in [-0.39, 0.29) is 0 Å². The third kappa shape index (κ3) is 4.75. The summed E-state index contributed by atoms with van der Waals surface area (Å²) in [6.45, 7) is 3.41. The number of nitrogens with zero attached hydrogens (tertiary/aromatic N) is 3. The van der Waals surface area contributed by atoms with Crippen molar-refractivity contribution in [3.05, 3.63) is 41.7 Å². The summed E-state index contributed by atoms with van der Waals surface area (Å²) < 4.78 is 0. The zero-order valence-electron chi connectivity index (χ0n) is 17.0. The molecule has 0 unspecified atom stereocenters. The van der Waals surface area contributed by atoms with E-state index in [1.54, 1.807) is 12.1 Å². The highest BCUT2D eigenvalue weighted by Crippen LogP contribution is 2.34. The van der Waals surface area contributed by atoms with Crippen molar-refractivity contribution in [3.63, 3.8) is 0 Å². The molecule has 6 nitrogen and oxygen atoms in total. The molecule has 2 fully saturated rings. The topological polar surface area (TPSA) is 98.1 Å². The Morgan fingerprint density at radius 3 is 2.55 bits per heavy atom. The van der Waals surface area contributed by atoms with Crippen LogP contribution in [-0.2, 0) is 0 Å². The van der Waals surface area contributed by atoms with E-state index in [1.165, 1.54) is 51.6 Å². The Bertz CT molecular complexity index is 845. The molecule has 6 heteroatoms. The molecule has 1 aliphatic carbocycles.